The lowest BCUT2D eigenvalue weighted by Gasteiger charge is -2.31. The van der Waals surface area contributed by atoms with Crippen molar-refractivity contribution in [1.29, 1.82) is 0 Å². The van der Waals surface area contributed by atoms with Gasteiger partial charge < -0.3 is 25.0 Å². The SMILES string of the molecule is O=C(Nc1ccc2c(c1)OCCO2)[C@H]1CCCN1C(=O)[C@H]1Cc2ccccc2CN1. The molecule has 2 aromatic rings. The number of rotatable bonds is 3. The molecule has 0 aliphatic carbocycles. The van der Waals surface area contributed by atoms with Crippen molar-refractivity contribution < 1.29 is 19.1 Å². The number of hydrogen-bond acceptors (Lipinski definition) is 5. The zero-order chi connectivity index (χ0) is 20.5. The summed E-state index contributed by atoms with van der Waals surface area (Å²) in [6, 6.07) is 12.8. The van der Waals surface area contributed by atoms with E-state index < -0.39 is 6.04 Å². The molecular formula is C23H25N3O4. The van der Waals surface area contributed by atoms with Gasteiger partial charge in [0.15, 0.2) is 11.5 Å². The lowest BCUT2D eigenvalue weighted by Crippen LogP contribution is -2.53. The van der Waals surface area contributed by atoms with E-state index in [1.54, 1.807) is 23.1 Å². The number of ether oxygens (including phenoxy) is 2. The molecule has 3 aliphatic heterocycles. The van der Waals surface area contributed by atoms with Crippen LogP contribution in [0.25, 0.3) is 0 Å². The number of nitrogens with one attached hydrogen (secondary N) is 2. The predicted molar refractivity (Wildman–Crippen MR) is 112 cm³/mol. The molecule has 7 nitrogen and oxygen atoms in total. The highest BCUT2D eigenvalue weighted by Gasteiger charge is 2.38. The Morgan fingerprint density at radius 1 is 1.03 bits per heavy atom. The Hall–Kier alpha value is -3.06. The first-order valence-corrected chi connectivity index (χ1v) is 10.5. The molecule has 30 heavy (non-hydrogen) atoms. The molecule has 1 saturated heterocycles. The summed E-state index contributed by atoms with van der Waals surface area (Å²) in [7, 11) is 0. The number of fused-ring (bicyclic) bond motifs is 2. The molecule has 0 unspecified atom stereocenters. The molecule has 0 saturated carbocycles. The van der Waals surface area contributed by atoms with Gasteiger partial charge in [-0.25, -0.2) is 0 Å². The molecule has 0 bridgehead atoms. The van der Waals surface area contributed by atoms with Crippen LogP contribution in [0.15, 0.2) is 42.5 Å². The van der Waals surface area contributed by atoms with Gasteiger partial charge in [-0.1, -0.05) is 24.3 Å². The normalized spacial score (nSPS) is 22.3. The van der Waals surface area contributed by atoms with Crippen LogP contribution in [0.2, 0.25) is 0 Å². The fourth-order valence-corrected chi connectivity index (χ4v) is 4.48. The van der Waals surface area contributed by atoms with E-state index in [4.69, 9.17) is 9.47 Å². The highest BCUT2D eigenvalue weighted by Crippen LogP contribution is 2.33. The van der Waals surface area contributed by atoms with Crippen molar-refractivity contribution in [2.45, 2.75) is 37.9 Å². The van der Waals surface area contributed by atoms with Crippen molar-refractivity contribution in [3.63, 3.8) is 0 Å². The van der Waals surface area contributed by atoms with Gasteiger partial charge >= 0.3 is 0 Å². The molecule has 3 heterocycles. The van der Waals surface area contributed by atoms with E-state index >= 15 is 0 Å². The number of hydrogen-bond donors (Lipinski definition) is 2. The monoisotopic (exact) mass is 407 g/mol. The van der Waals surface area contributed by atoms with Crippen molar-refractivity contribution >= 4 is 17.5 Å². The standard InChI is InChI=1S/C23H25N3O4/c27-22(25-17-7-8-20-21(13-17)30-11-10-29-20)19-6-3-9-26(19)23(28)18-12-15-4-1-2-5-16(15)14-24-18/h1-2,4-5,7-8,13,18-19,24H,3,6,9-12,14H2,(H,25,27)/t18-,19-/m1/s1. The van der Waals surface area contributed by atoms with Crippen LogP contribution in [0.5, 0.6) is 11.5 Å². The molecule has 2 amide bonds. The Balaban J connectivity index is 1.27. The van der Waals surface area contributed by atoms with Crippen LogP contribution in [-0.2, 0) is 22.6 Å². The van der Waals surface area contributed by atoms with E-state index in [0.29, 0.717) is 56.3 Å². The molecular weight excluding hydrogens is 382 g/mol. The van der Waals surface area contributed by atoms with Crippen LogP contribution < -0.4 is 20.1 Å². The summed E-state index contributed by atoms with van der Waals surface area (Å²) in [5.41, 5.74) is 3.08. The average molecular weight is 407 g/mol. The fourth-order valence-electron chi connectivity index (χ4n) is 4.48. The van der Waals surface area contributed by atoms with Gasteiger partial charge in [0, 0.05) is 24.8 Å². The van der Waals surface area contributed by atoms with Crippen LogP contribution in [0.4, 0.5) is 5.69 Å². The minimum atomic E-state index is -0.454. The largest absolute Gasteiger partial charge is 0.486 e. The van der Waals surface area contributed by atoms with Gasteiger partial charge in [0.1, 0.15) is 19.3 Å². The van der Waals surface area contributed by atoms with Crippen LogP contribution in [-0.4, -0.2) is 48.6 Å². The van der Waals surface area contributed by atoms with E-state index in [0.717, 1.165) is 6.42 Å². The quantitative estimate of drug-likeness (QED) is 0.815. The van der Waals surface area contributed by atoms with Crippen molar-refractivity contribution in [1.82, 2.24) is 10.2 Å². The maximum absolute atomic E-state index is 13.2. The van der Waals surface area contributed by atoms with E-state index in [1.807, 2.05) is 12.1 Å². The van der Waals surface area contributed by atoms with Crippen LogP contribution in [0.1, 0.15) is 24.0 Å². The summed E-state index contributed by atoms with van der Waals surface area (Å²) in [5.74, 6) is 1.15. The number of benzene rings is 2. The molecule has 7 heteroatoms. The molecule has 3 aliphatic rings. The summed E-state index contributed by atoms with van der Waals surface area (Å²) in [6.45, 7) is 2.30. The van der Waals surface area contributed by atoms with Gasteiger partial charge in [0.25, 0.3) is 0 Å². The highest BCUT2D eigenvalue weighted by molar-refractivity contribution is 5.98. The molecule has 2 N–H and O–H groups in total. The third kappa shape index (κ3) is 3.61. The van der Waals surface area contributed by atoms with Crippen LogP contribution in [0.3, 0.4) is 0 Å². The summed E-state index contributed by atoms with van der Waals surface area (Å²) in [6.07, 6.45) is 2.15. The third-order valence-corrected chi connectivity index (χ3v) is 6.03. The molecule has 2 atom stereocenters. The van der Waals surface area contributed by atoms with Crippen molar-refractivity contribution in [2.75, 3.05) is 25.1 Å². The Morgan fingerprint density at radius 3 is 2.70 bits per heavy atom. The average Bonchev–Trinajstić information content (AvgIpc) is 3.28. The lowest BCUT2D eigenvalue weighted by atomic mass is 9.95. The van der Waals surface area contributed by atoms with E-state index in [9.17, 15) is 9.59 Å². The predicted octanol–water partition coefficient (Wildman–Crippen LogP) is 2.10. The van der Waals surface area contributed by atoms with E-state index in [-0.39, 0.29) is 17.9 Å². The number of anilines is 1. The Morgan fingerprint density at radius 2 is 1.83 bits per heavy atom. The second-order valence-electron chi connectivity index (χ2n) is 7.94. The van der Waals surface area contributed by atoms with Gasteiger partial charge in [-0.2, -0.15) is 0 Å². The lowest BCUT2D eigenvalue weighted by molar-refractivity contribution is -0.138. The minimum absolute atomic E-state index is 0.00401. The van der Waals surface area contributed by atoms with Crippen molar-refractivity contribution in [3.05, 3.63) is 53.6 Å². The summed E-state index contributed by atoms with van der Waals surface area (Å²) in [5, 5.41) is 6.29. The fraction of sp³-hybridized carbons (Fsp3) is 0.391. The van der Waals surface area contributed by atoms with Crippen LogP contribution >= 0.6 is 0 Å². The van der Waals surface area contributed by atoms with Crippen LogP contribution in [0, 0.1) is 0 Å². The first-order valence-electron chi connectivity index (χ1n) is 10.5. The molecule has 156 valence electrons. The number of amides is 2. The summed E-state index contributed by atoms with van der Waals surface area (Å²) >= 11 is 0. The Kier molecular flexibility index (Phi) is 5.04. The first kappa shape index (κ1) is 18.9. The maximum atomic E-state index is 13.2. The first-order chi connectivity index (χ1) is 14.7. The molecule has 0 aromatic heterocycles. The van der Waals surface area contributed by atoms with Gasteiger partial charge in [-0.15, -0.1) is 0 Å². The minimum Gasteiger partial charge on any atom is -0.486 e. The number of carbonyl (C=O) groups is 2. The Bertz CT molecular complexity index is 977. The zero-order valence-electron chi connectivity index (χ0n) is 16.7. The van der Waals surface area contributed by atoms with Gasteiger partial charge in [-0.05, 0) is 42.5 Å². The van der Waals surface area contributed by atoms with Crippen molar-refractivity contribution in [2.24, 2.45) is 0 Å². The van der Waals surface area contributed by atoms with Gasteiger partial charge in [-0.3, -0.25) is 9.59 Å². The highest BCUT2D eigenvalue weighted by atomic mass is 16.6. The third-order valence-electron chi connectivity index (χ3n) is 6.03. The summed E-state index contributed by atoms with van der Waals surface area (Å²) < 4.78 is 11.1. The van der Waals surface area contributed by atoms with Crippen molar-refractivity contribution in [3.8, 4) is 11.5 Å². The molecule has 1 fully saturated rings. The number of nitrogens with zero attached hydrogens (tertiary/aromatic N) is 1. The molecule has 5 rings (SSSR count). The van der Waals surface area contributed by atoms with Gasteiger partial charge in [0.05, 0.1) is 6.04 Å². The second kappa shape index (κ2) is 7.99. The molecule has 0 radical (unpaired) electrons. The van der Waals surface area contributed by atoms with E-state index in [1.165, 1.54) is 11.1 Å². The smallest absolute Gasteiger partial charge is 0.247 e. The Labute approximate surface area is 175 Å². The van der Waals surface area contributed by atoms with E-state index in [2.05, 4.69) is 22.8 Å². The molecule has 0 spiro atoms. The number of carbonyl (C=O) groups excluding carboxylic acids is 2. The zero-order valence-corrected chi connectivity index (χ0v) is 16.7. The second-order valence-corrected chi connectivity index (χ2v) is 7.94. The number of likely N-dealkylation sites (tertiary alicyclic amines) is 1. The molecule has 2 aromatic carbocycles. The van der Waals surface area contributed by atoms with Gasteiger partial charge in [0.2, 0.25) is 11.8 Å². The topological polar surface area (TPSA) is 79.9 Å². The summed E-state index contributed by atoms with van der Waals surface area (Å²) in [4.78, 5) is 27.9. The maximum Gasteiger partial charge on any atom is 0.247 e.